The SMILES string of the molecule is [C-]#[N+]c1ccc2c(-c3cc(-c4cccnc4)ccc3C)[n+](C)ccc2c1. The summed E-state index contributed by atoms with van der Waals surface area (Å²) in [5.41, 5.74) is 6.48. The maximum Gasteiger partial charge on any atom is 0.220 e. The molecule has 0 fully saturated rings. The lowest BCUT2D eigenvalue weighted by molar-refractivity contribution is -0.659. The van der Waals surface area contributed by atoms with Crippen LogP contribution in [0.2, 0.25) is 0 Å². The molecule has 2 aromatic heterocycles. The second-order valence-corrected chi connectivity index (χ2v) is 6.43. The average Bonchev–Trinajstić information content (AvgIpc) is 2.69. The second kappa shape index (κ2) is 6.42. The number of aromatic nitrogens is 2. The van der Waals surface area contributed by atoms with Gasteiger partial charge in [0.15, 0.2) is 11.9 Å². The molecule has 2 aromatic carbocycles. The Morgan fingerprint density at radius 1 is 1.00 bits per heavy atom. The highest BCUT2D eigenvalue weighted by Gasteiger charge is 2.18. The summed E-state index contributed by atoms with van der Waals surface area (Å²) in [6.07, 6.45) is 5.74. The molecule has 0 radical (unpaired) electrons. The zero-order valence-electron chi connectivity index (χ0n) is 14.8. The minimum atomic E-state index is 0.665. The summed E-state index contributed by atoms with van der Waals surface area (Å²) < 4.78 is 2.15. The van der Waals surface area contributed by atoms with Crippen molar-refractivity contribution in [3.63, 3.8) is 0 Å². The van der Waals surface area contributed by atoms with Gasteiger partial charge in [0.2, 0.25) is 5.69 Å². The third-order valence-corrected chi connectivity index (χ3v) is 4.74. The van der Waals surface area contributed by atoms with Gasteiger partial charge >= 0.3 is 0 Å². The Balaban J connectivity index is 1.98. The Labute approximate surface area is 153 Å². The highest BCUT2D eigenvalue weighted by Crippen LogP contribution is 2.32. The molecule has 0 aliphatic carbocycles. The first-order valence-electron chi connectivity index (χ1n) is 8.48. The van der Waals surface area contributed by atoms with Crippen molar-refractivity contribution >= 4 is 16.5 Å². The molecule has 124 valence electrons. The topological polar surface area (TPSA) is 21.1 Å². The van der Waals surface area contributed by atoms with E-state index in [0.717, 1.165) is 27.6 Å². The fraction of sp³-hybridized carbons (Fsp3) is 0.0870. The fourth-order valence-corrected chi connectivity index (χ4v) is 3.36. The van der Waals surface area contributed by atoms with Crippen LogP contribution < -0.4 is 4.57 Å². The van der Waals surface area contributed by atoms with Crippen LogP contribution in [0.25, 0.3) is 38.0 Å². The van der Waals surface area contributed by atoms with Crippen molar-refractivity contribution < 1.29 is 4.57 Å². The Morgan fingerprint density at radius 3 is 2.65 bits per heavy atom. The van der Waals surface area contributed by atoms with Crippen LogP contribution in [0.5, 0.6) is 0 Å². The van der Waals surface area contributed by atoms with Crippen molar-refractivity contribution in [3.05, 3.63) is 90.2 Å². The maximum absolute atomic E-state index is 7.25. The molecule has 0 spiro atoms. The van der Waals surface area contributed by atoms with Crippen LogP contribution in [-0.4, -0.2) is 4.98 Å². The van der Waals surface area contributed by atoms with Crippen LogP contribution in [-0.2, 0) is 7.05 Å². The molecule has 0 N–H and O–H groups in total. The predicted octanol–water partition coefficient (Wildman–Crippen LogP) is 5.25. The van der Waals surface area contributed by atoms with Gasteiger partial charge in [0, 0.05) is 24.0 Å². The van der Waals surface area contributed by atoms with E-state index in [2.05, 4.69) is 64.9 Å². The fourth-order valence-electron chi connectivity index (χ4n) is 3.36. The minimum absolute atomic E-state index is 0.665. The van der Waals surface area contributed by atoms with Gasteiger partial charge in [0.1, 0.15) is 7.05 Å². The van der Waals surface area contributed by atoms with E-state index < -0.39 is 0 Å². The third-order valence-electron chi connectivity index (χ3n) is 4.74. The second-order valence-electron chi connectivity index (χ2n) is 6.43. The smallest absolute Gasteiger partial charge is 0.220 e. The van der Waals surface area contributed by atoms with Crippen LogP contribution in [0.15, 0.2) is 73.2 Å². The zero-order valence-corrected chi connectivity index (χ0v) is 14.8. The first-order valence-corrected chi connectivity index (χ1v) is 8.48. The molecular weight excluding hydrogens is 318 g/mol. The number of benzene rings is 2. The van der Waals surface area contributed by atoms with Crippen LogP contribution in [0.1, 0.15) is 5.56 Å². The molecule has 0 aliphatic rings. The first-order chi connectivity index (χ1) is 12.7. The molecule has 0 unspecified atom stereocenters. The van der Waals surface area contributed by atoms with Crippen molar-refractivity contribution in [1.82, 2.24) is 4.98 Å². The summed E-state index contributed by atoms with van der Waals surface area (Å²) in [4.78, 5) is 7.79. The van der Waals surface area contributed by atoms with E-state index in [0.29, 0.717) is 5.69 Å². The van der Waals surface area contributed by atoms with E-state index >= 15 is 0 Å². The molecule has 2 heterocycles. The molecule has 0 aliphatic heterocycles. The van der Waals surface area contributed by atoms with Gasteiger partial charge in [0.05, 0.1) is 17.5 Å². The zero-order chi connectivity index (χ0) is 18.1. The molecule has 0 saturated heterocycles. The largest absolute Gasteiger partial charge is 0.264 e. The van der Waals surface area contributed by atoms with Crippen LogP contribution in [0.3, 0.4) is 0 Å². The molecule has 0 bridgehead atoms. The van der Waals surface area contributed by atoms with Crippen LogP contribution in [0, 0.1) is 13.5 Å². The van der Waals surface area contributed by atoms with Gasteiger partial charge < -0.3 is 0 Å². The summed E-state index contributed by atoms with van der Waals surface area (Å²) in [7, 11) is 2.06. The van der Waals surface area contributed by atoms with Gasteiger partial charge in [-0.05, 0) is 41.6 Å². The van der Waals surface area contributed by atoms with Crippen molar-refractivity contribution in [2.24, 2.45) is 7.05 Å². The van der Waals surface area contributed by atoms with Crippen molar-refractivity contribution in [2.45, 2.75) is 6.92 Å². The lowest BCUT2D eigenvalue weighted by Crippen LogP contribution is -2.30. The highest BCUT2D eigenvalue weighted by molar-refractivity contribution is 5.96. The Bertz CT molecular complexity index is 1160. The van der Waals surface area contributed by atoms with E-state index in [1.807, 2.05) is 30.5 Å². The van der Waals surface area contributed by atoms with E-state index in [1.54, 1.807) is 6.20 Å². The van der Waals surface area contributed by atoms with Crippen molar-refractivity contribution in [3.8, 4) is 22.4 Å². The van der Waals surface area contributed by atoms with Gasteiger partial charge in [-0.25, -0.2) is 9.41 Å². The predicted molar refractivity (Wildman–Crippen MR) is 105 cm³/mol. The van der Waals surface area contributed by atoms with Crippen LogP contribution >= 0.6 is 0 Å². The highest BCUT2D eigenvalue weighted by atomic mass is 14.9. The van der Waals surface area contributed by atoms with E-state index in [1.165, 1.54) is 11.1 Å². The first kappa shape index (κ1) is 16.0. The average molecular weight is 336 g/mol. The molecule has 4 aromatic rings. The monoisotopic (exact) mass is 336 g/mol. The molecule has 3 heteroatoms. The number of rotatable bonds is 2. The van der Waals surface area contributed by atoms with E-state index in [-0.39, 0.29) is 0 Å². The van der Waals surface area contributed by atoms with Crippen LogP contribution in [0.4, 0.5) is 5.69 Å². The summed E-state index contributed by atoms with van der Waals surface area (Å²) in [5.74, 6) is 0. The molecular formula is C23H18N3+. The molecule has 0 atom stereocenters. The van der Waals surface area contributed by atoms with Gasteiger partial charge in [-0.15, -0.1) is 0 Å². The normalized spacial score (nSPS) is 10.7. The quantitative estimate of drug-likeness (QED) is 0.362. The molecule has 0 saturated carbocycles. The van der Waals surface area contributed by atoms with Gasteiger partial charge in [-0.3, -0.25) is 4.98 Å². The number of hydrogen-bond acceptors (Lipinski definition) is 1. The summed E-state index contributed by atoms with van der Waals surface area (Å²) in [6, 6.07) is 18.5. The number of nitrogens with zero attached hydrogens (tertiary/aromatic N) is 3. The molecule has 0 amide bonds. The third kappa shape index (κ3) is 2.72. The Morgan fingerprint density at radius 2 is 1.88 bits per heavy atom. The number of hydrogen-bond donors (Lipinski definition) is 0. The standard InChI is InChI=1S/C23H18N3/c1-16-6-7-17(19-5-4-11-25-15-19)14-22(16)23-21-9-8-20(24-2)13-18(21)10-12-26(23)3/h4-15H,1,3H3/q+1. The molecule has 4 rings (SSSR count). The lowest BCUT2D eigenvalue weighted by Gasteiger charge is -2.10. The maximum atomic E-state index is 7.25. The van der Waals surface area contributed by atoms with Gasteiger partial charge in [-0.1, -0.05) is 30.3 Å². The van der Waals surface area contributed by atoms with Crippen molar-refractivity contribution in [1.29, 1.82) is 0 Å². The number of aryl methyl sites for hydroxylation is 2. The van der Waals surface area contributed by atoms with E-state index in [9.17, 15) is 0 Å². The van der Waals surface area contributed by atoms with Gasteiger partial charge in [0.25, 0.3) is 0 Å². The van der Waals surface area contributed by atoms with E-state index in [4.69, 9.17) is 6.57 Å². The lowest BCUT2D eigenvalue weighted by atomic mass is 9.95. The van der Waals surface area contributed by atoms with Crippen molar-refractivity contribution in [2.75, 3.05) is 0 Å². The Hall–Kier alpha value is -3.51. The van der Waals surface area contributed by atoms with Gasteiger partial charge in [-0.2, -0.15) is 0 Å². The summed E-state index contributed by atoms with van der Waals surface area (Å²) in [6.45, 7) is 9.38. The molecule has 3 nitrogen and oxygen atoms in total. The summed E-state index contributed by atoms with van der Waals surface area (Å²) in [5, 5.41) is 2.23. The number of fused-ring (bicyclic) bond motifs is 1. The Kier molecular flexibility index (Phi) is 3.95. The number of pyridine rings is 2. The minimum Gasteiger partial charge on any atom is -0.264 e. The summed E-state index contributed by atoms with van der Waals surface area (Å²) >= 11 is 0. The molecule has 26 heavy (non-hydrogen) atoms.